The first-order valence-electron chi connectivity index (χ1n) is 9.13. The van der Waals surface area contributed by atoms with Crippen LogP contribution in [0.3, 0.4) is 0 Å². The van der Waals surface area contributed by atoms with Crippen LogP contribution in [0.2, 0.25) is 0 Å². The van der Waals surface area contributed by atoms with Crippen LogP contribution in [0.1, 0.15) is 30.1 Å². The minimum absolute atomic E-state index is 0.000498. The van der Waals surface area contributed by atoms with Gasteiger partial charge in [0.2, 0.25) is 11.8 Å². The van der Waals surface area contributed by atoms with Crippen molar-refractivity contribution in [2.45, 2.75) is 31.3 Å². The van der Waals surface area contributed by atoms with Gasteiger partial charge < -0.3 is 25.0 Å². The molecule has 3 amide bonds. The molecule has 2 N–H and O–H groups in total. The number of benzene rings is 1. The average Bonchev–Trinajstić information content (AvgIpc) is 2.78. The maximum atomic E-state index is 14.1. The van der Waals surface area contributed by atoms with Crippen molar-refractivity contribution in [3.63, 3.8) is 0 Å². The standard InChI is InChI=1S/C19H24FN3O5/c1-12(24)21-15-10-23(11-19(22-17(15)25)5-7-28-8-6-19)18(26)13-3-4-16(27-2)14(20)9-13/h3-4,9,15H,5-8,10-11H2,1-2H3,(H,21,24)(H,22,25). The number of carbonyl (C=O) groups excluding carboxylic acids is 3. The van der Waals surface area contributed by atoms with Gasteiger partial charge in [0.1, 0.15) is 6.04 Å². The fourth-order valence-corrected chi connectivity index (χ4v) is 3.66. The van der Waals surface area contributed by atoms with Gasteiger partial charge in [0.05, 0.1) is 19.2 Å². The van der Waals surface area contributed by atoms with Crippen LogP contribution in [-0.4, -0.2) is 67.6 Å². The summed E-state index contributed by atoms with van der Waals surface area (Å²) in [6.07, 6.45) is 1.10. The quantitative estimate of drug-likeness (QED) is 0.778. The summed E-state index contributed by atoms with van der Waals surface area (Å²) in [7, 11) is 1.35. The van der Waals surface area contributed by atoms with E-state index in [2.05, 4.69) is 10.6 Å². The van der Waals surface area contributed by atoms with Crippen LogP contribution in [0, 0.1) is 5.82 Å². The summed E-state index contributed by atoms with van der Waals surface area (Å²) in [5.41, 5.74) is -0.486. The first-order chi connectivity index (χ1) is 13.3. The monoisotopic (exact) mass is 393 g/mol. The number of amides is 3. The summed E-state index contributed by atoms with van der Waals surface area (Å²) in [5.74, 6) is -1.73. The lowest BCUT2D eigenvalue weighted by atomic mass is 9.89. The minimum Gasteiger partial charge on any atom is -0.494 e. The maximum absolute atomic E-state index is 14.1. The number of ether oxygens (including phenoxy) is 2. The van der Waals surface area contributed by atoms with Crippen molar-refractivity contribution in [1.82, 2.24) is 15.5 Å². The van der Waals surface area contributed by atoms with E-state index >= 15 is 0 Å². The second kappa shape index (κ2) is 8.14. The molecule has 1 atom stereocenters. The van der Waals surface area contributed by atoms with Crippen molar-refractivity contribution in [1.29, 1.82) is 0 Å². The molecule has 2 saturated heterocycles. The van der Waals surface area contributed by atoms with E-state index in [-0.39, 0.29) is 36.2 Å². The summed E-state index contributed by atoms with van der Waals surface area (Å²) in [5, 5.41) is 5.58. The molecule has 0 bridgehead atoms. The Kier molecular flexibility index (Phi) is 5.83. The molecule has 2 aliphatic heterocycles. The van der Waals surface area contributed by atoms with Crippen molar-refractivity contribution in [3.05, 3.63) is 29.6 Å². The predicted octanol–water partition coefficient (Wildman–Crippen LogP) is 0.460. The lowest BCUT2D eigenvalue weighted by Gasteiger charge is -2.39. The Morgan fingerprint density at radius 1 is 1.36 bits per heavy atom. The van der Waals surface area contributed by atoms with Gasteiger partial charge in [-0.2, -0.15) is 0 Å². The molecular weight excluding hydrogens is 369 g/mol. The average molecular weight is 393 g/mol. The summed E-state index contributed by atoms with van der Waals surface area (Å²) in [6, 6.07) is 3.10. The van der Waals surface area contributed by atoms with Crippen LogP contribution >= 0.6 is 0 Å². The summed E-state index contributed by atoms with van der Waals surface area (Å²) in [4.78, 5) is 38.8. The van der Waals surface area contributed by atoms with E-state index in [4.69, 9.17) is 9.47 Å². The van der Waals surface area contributed by atoms with Gasteiger partial charge in [0.15, 0.2) is 11.6 Å². The minimum atomic E-state index is -0.883. The molecule has 8 nitrogen and oxygen atoms in total. The number of halogens is 1. The smallest absolute Gasteiger partial charge is 0.254 e. The molecule has 152 valence electrons. The van der Waals surface area contributed by atoms with Gasteiger partial charge in [-0.3, -0.25) is 14.4 Å². The van der Waals surface area contributed by atoms with Crippen LogP contribution in [0.15, 0.2) is 18.2 Å². The van der Waals surface area contributed by atoms with E-state index in [1.54, 1.807) is 0 Å². The SMILES string of the molecule is COc1ccc(C(=O)N2CC(NC(C)=O)C(=O)NC3(CCOCC3)C2)cc1F. The van der Waals surface area contributed by atoms with E-state index in [0.29, 0.717) is 26.1 Å². The number of rotatable bonds is 3. The third-order valence-corrected chi connectivity index (χ3v) is 5.11. The van der Waals surface area contributed by atoms with Gasteiger partial charge in [-0.15, -0.1) is 0 Å². The summed E-state index contributed by atoms with van der Waals surface area (Å²) in [6.45, 7) is 2.49. The topological polar surface area (TPSA) is 97.0 Å². The van der Waals surface area contributed by atoms with Gasteiger partial charge in [0.25, 0.3) is 5.91 Å². The second-order valence-electron chi connectivity index (χ2n) is 7.17. The van der Waals surface area contributed by atoms with E-state index in [1.807, 2.05) is 0 Å². The van der Waals surface area contributed by atoms with Gasteiger partial charge in [-0.05, 0) is 31.0 Å². The van der Waals surface area contributed by atoms with E-state index in [1.165, 1.54) is 31.1 Å². The molecule has 1 unspecified atom stereocenters. The molecule has 2 heterocycles. The zero-order valence-corrected chi connectivity index (χ0v) is 15.9. The van der Waals surface area contributed by atoms with E-state index < -0.39 is 23.3 Å². The van der Waals surface area contributed by atoms with Crippen molar-refractivity contribution in [2.75, 3.05) is 33.4 Å². The lowest BCUT2D eigenvalue weighted by molar-refractivity contribution is -0.129. The highest BCUT2D eigenvalue weighted by Gasteiger charge is 2.43. The van der Waals surface area contributed by atoms with Crippen molar-refractivity contribution < 1.29 is 28.2 Å². The number of hydrogen-bond acceptors (Lipinski definition) is 5. The fourth-order valence-electron chi connectivity index (χ4n) is 3.66. The van der Waals surface area contributed by atoms with Gasteiger partial charge in [-0.25, -0.2) is 4.39 Å². The number of nitrogens with zero attached hydrogens (tertiary/aromatic N) is 1. The molecule has 0 saturated carbocycles. The molecule has 2 aliphatic rings. The van der Waals surface area contributed by atoms with Crippen LogP contribution in [-0.2, 0) is 14.3 Å². The number of carbonyl (C=O) groups is 3. The highest BCUT2D eigenvalue weighted by atomic mass is 19.1. The number of nitrogens with one attached hydrogen (secondary N) is 2. The Morgan fingerprint density at radius 2 is 2.07 bits per heavy atom. The molecule has 0 aromatic heterocycles. The molecule has 9 heteroatoms. The van der Waals surface area contributed by atoms with Crippen LogP contribution in [0.4, 0.5) is 4.39 Å². The van der Waals surface area contributed by atoms with Gasteiger partial charge >= 0.3 is 0 Å². The van der Waals surface area contributed by atoms with Crippen molar-refractivity contribution >= 4 is 17.7 Å². The van der Waals surface area contributed by atoms with Gasteiger partial charge in [0, 0.05) is 32.2 Å². The maximum Gasteiger partial charge on any atom is 0.254 e. The fraction of sp³-hybridized carbons (Fsp3) is 0.526. The molecule has 2 fully saturated rings. The molecular formula is C19H24FN3O5. The number of hydrogen-bond donors (Lipinski definition) is 2. The highest BCUT2D eigenvalue weighted by molar-refractivity contribution is 5.96. The molecule has 1 aromatic rings. The van der Waals surface area contributed by atoms with Crippen LogP contribution < -0.4 is 15.4 Å². The Balaban J connectivity index is 1.91. The molecule has 1 aromatic carbocycles. The Bertz CT molecular complexity index is 779. The lowest BCUT2D eigenvalue weighted by Crippen LogP contribution is -2.57. The number of methoxy groups -OCH3 is 1. The van der Waals surface area contributed by atoms with E-state index in [9.17, 15) is 18.8 Å². The van der Waals surface area contributed by atoms with Crippen molar-refractivity contribution in [2.24, 2.45) is 0 Å². The Morgan fingerprint density at radius 3 is 2.68 bits per heavy atom. The third-order valence-electron chi connectivity index (χ3n) is 5.11. The normalized spacial score (nSPS) is 21.6. The predicted molar refractivity (Wildman–Crippen MR) is 97.4 cm³/mol. The highest BCUT2D eigenvalue weighted by Crippen LogP contribution is 2.26. The zero-order chi connectivity index (χ0) is 20.3. The second-order valence-corrected chi connectivity index (χ2v) is 7.17. The van der Waals surface area contributed by atoms with Crippen molar-refractivity contribution in [3.8, 4) is 5.75 Å². The molecule has 3 rings (SSSR count). The van der Waals surface area contributed by atoms with Gasteiger partial charge in [-0.1, -0.05) is 0 Å². The molecule has 0 radical (unpaired) electrons. The molecule has 28 heavy (non-hydrogen) atoms. The first kappa shape index (κ1) is 20.1. The Labute approximate surface area is 162 Å². The van der Waals surface area contributed by atoms with E-state index in [0.717, 1.165) is 6.07 Å². The third kappa shape index (κ3) is 4.24. The summed E-state index contributed by atoms with van der Waals surface area (Å²) >= 11 is 0. The Hall–Kier alpha value is -2.68. The molecule has 0 aliphatic carbocycles. The van der Waals surface area contributed by atoms with Crippen LogP contribution in [0.5, 0.6) is 5.75 Å². The zero-order valence-electron chi connectivity index (χ0n) is 15.9. The van der Waals surface area contributed by atoms with Crippen LogP contribution in [0.25, 0.3) is 0 Å². The largest absolute Gasteiger partial charge is 0.494 e. The summed E-state index contributed by atoms with van der Waals surface area (Å²) < 4.78 is 24.4. The molecule has 1 spiro atoms. The first-order valence-corrected chi connectivity index (χ1v) is 9.13.